The second-order valence-corrected chi connectivity index (χ2v) is 5.15. The molecule has 9 heteroatoms. The van der Waals surface area contributed by atoms with Gasteiger partial charge < -0.3 is 10.4 Å². The molecule has 1 aromatic carbocycles. The number of rotatable bonds is 3. The standard InChI is InChI=1S/C12H14Cl2F2N2O.2ClH/c13-8-2-1-7(11(19)9(8)14)10(12(15)16)18-5-3-17-4-6-18;;/h1-2,10,12,17,19H,3-6H2;2*1H/t10-;;/m0../s1. The maximum absolute atomic E-state index is 13.3. The lowest BCUT2D eigenvalue weighted by atomic mass is 10.0. The molecule has 1 heterocycles. The Labute approximate surface area is 144 Å². The Morgan fingerprint density at radius 3 is 2.24 bits per heavy atom. The van der Waals surface area contributed by atoms with Gasteiger partial charge in [0, 0.05) is 31.7 Å². The van der Waals surface area contributed by atoms with Gasteiger partial charge in [-0.1, -0.05) is 29.3 Å². The molecule has 3 nitrogen and oxygen atoms in total. The van der Waals surface area contributed by atoms with Crippen LogP contribution in [0.5, 0.6) is 5.75 Å². The van der Waals surface area contributed by atoms with Crippen molar-refractivity contribution < 1.29 is 13.9 Å². The zero-order chi connectivity index (χ0) is 14.0. The highest BCUT2D eigenvalue weighted by atomic mass is 35.5. The van der Waals surface area contributed by atoms with E-state index in [0.717, 1.165) is 0 Å². The van der Waals surface area contributed by atoms with E-state index in [1.807, 2.05) is 0 Å². The van der Waals surface area contributed by atoms with Crippen molar-refractivity contribution in [2.45, 2.75) is 12.5 Å². The van der Waals surface area contributed by atoms with E-state index in [9.17, 15) is 13.9 Å². The third-order valence-corrected chi connectivity index (χ3v) is 4.00. The number of hydrogen-bond acceptors (Lipinski definition) is 3. The van der Waals surface area contributed by atoms with Crippen LogP contribution in [0, 0.1) is 0 Å². The van der Waals surface area contributed by atoms with Gasteiger partial charge in [-0.2, -0.15) is 0 Å². The summed E-state index contributed by atoms with van der Waals surface area (Å²) in [6.45, 7) is 2.28. The number of benzene rings is 1. The van der Waals surface area contributed by atoms with Crippen molar-refractivity contribution in [1.82, 2.24) is 10.2 Å². The number of hydrogen-bond donors (Lipinski definition) is 2. The van der Waals surface area contributed by atoms with Gasteiger partial charge in [-0.15, -0.1) is 24.8 Å². The molecular formula is C12H16Cl4F2N2O. The molecule has 0 amide bonds. The summed E-state index contributed by atoms with van der Waals surface area (Å²) in [5, 5.41) is 13.1. The SMILES string of the molecule is Cl.Cl.Oc1c([C@@H](C(F)F)N2CCNCC2)ccc(Cl)c1Cl. The number of alkyl halides is 2. The summed E-state index contributed by atoms with van der Waals surface area (Å²) in [5.41, 5.74) is 0.117. The highest BCUT2D eigenvalue weighted by Gasteiger charge is 2.32. The fourth-order valence-corrected chi connectivity index (χ4v) is 2.57. The Kier molecular flexibility index (Phi) is 9.16. The third-order valence-electron chi connectivity index (χ3n) is 3.20. The van der Waals surface area contributed by atoms with Gasteiger partial charge in [0.25, 0.3) is 6.43 Å². The Hall–Kier alpha value is -0.0400. The smallest absolute Gasteiger partial charge is 0.258 e. The summed E-state index contributed by atoms with van der Waals surface area (Å²) in [5.74, 6) is -0.363. The zero-order valence-corrected chi connectivity index (χ0v) is 14.0. The van der Waals surface area contributed by atoms with Crippen LogP contribution in [0.15, 0.2) is 12.1 Å². The number of nitrogens with one attached hydrogen (secondary N) is 1. The molecule has 2 N–H and O–H groups in total. The van der Waals surface area contributed by atoms with Crippen molar-refractivity contribution in [3.05, 3.63) is 27.7 Å². The Balaban J connectivity index is 0.00000200. The second-order valence-electron chi connectivity index (χ2n) is 4.36. The molecule has 0 aromatic heterocycles. The van der Waals surface area contributed by atoms with Crippen molar-refractivity contribution in [3.8, 4) is 5.75 Å². The third kappa shape index (κ3) is 4.71. The summed E-state index contributed by atoms with van der Waals surface area (Å²) in [4.78, 5) is 1.64. The van der Waals surface area contributed by atoms with Crippen LogP contribution in [0.4, 0.5) is 8.78 Å². The largest absolute Gasteiger partial charge is 0.506 e. The number of piperazine rings is 1. The summed E-state index contributed by atoms with van der Waals surface area (Å²) in [6, 6.07) is 1.66. The molecular weight excluding hydrogens is 368 g/mol. The van der Waals surface area contributed by atoms with Crippen molar-refractivity contribution in [2.24, 2.45) is 0 Å². The topological polar surface area (TPSA) is 35.5 Å². The summed E-state index contributed by atoms with van der Waals surface area (Å²) < 4.78 is 26.7. The quantitative estimate of drug-likeness (QED) is 0.834. The maximum atomic E-state index is 13.3. The minimum Gasteiger partial charge on any atom is -0.506 e. The van der Waals surface area contributed by atoms with Gasteiger partial charge in [0.1, 0.15) is 16.8 Å². The van der Waals surface area contributed by atoms with Crippen LogP contribution in [0.25, 0.3) is 0 Å². The number of phenolic OH excluding ortho intramolecular Hbond substituents is 1. The molecule has 0 spiro atoms. The predicted molar refractivity (Wildman–Crippen MR) is 85.8 cm³/mol. The van der Waals surface area contributed by atoms with E-state index in [1.165, 1.54) is 12.1 Å². The van der Waals surface area contributed by atoms with Gasteiger partial charge in [0.2, 0.25) is 0 Å². The molecule has 0 saturated carbocycles. The van der Waals surface area contributed by atoms with Gasteiger partial charge in [-0.05, 0) is 6.07 Å². The van der Waals surface area contributed by atoms with E-state index < -0.39 is 12.5 Å². The Morgan fingerprint density at radius 1 is 1.14 bits per heavy atom. The van der Waals surface area contributed by atoms with Gasteiger partial charge in [0.05, 0.1) is 5.02 Å². The van der Waals surface area contributed by atoms with Crippen molar-refractivity contribution in [1.29, 1.82) is 0 Å². The first-order valence-corrected chi connectivity index (χ1v) is 6.67. The molecule has 1 atom stereocenters. The van der Waals surface area contributed by atoms with Gasteiger partial charge in [-0.25, -0.2) is 8.78 Å². The van der Waals surface area contributed by atoms with E-state index >= 15 is 0 Å². The van der Waals surface area contributed by atoms with E-state index in [1.54, 1.807) is 4.90 Å². The first-order valence-electron chi connectivity index (χ1n) is 5.92. The fraction of sp³-hybridized carbons (Fsp3) is 0.500. The van der Waals surface area contributed by atoms with E-state index in [-0.39, 0.29) is 46.2 Å². The second kappa shape index (κ2) is 9.18. The molecule has 1 aromatic rings. The number of halogens is 6. The van der Waals surface area contributed by atoms with Crippen LogP contribution >= 0.6 is 48.0 Å². The molecule has 0 unspecified atom stereocenters. The molecule has 1 aliphatic rings. The minimum atomic E-state index is -2.61. The molecule has 1 fully saturated rings. The maximum Gasteiger partial charge on any atom is 0.258 e. The number of nitrogens with zero attached hydrogens (tertiary/aromatic N) is 1. The van der Waals surface area contributed by atoms with Crippen LogP contribution in [-0.4, -0.2) is 42.6 Å². The Morgan fingerprint density at radius 2 is 1.71 bits per heavy atom. The van der Waals surface area contributed by atoms with Crippen LogP contribution < -0.4 is 5.32 Å². The zero-order valence-electron chi connectivity index (χ0n) is 10.9. The molecule has 2 rings (SSSR count). The lowest BCUT2D eigenvalue weighted by molar-refractivity contribution is 0.0170. The normalized spacial score (nSPS) is 17.0. The fourth-order valence-electron chi connectivity index (χ4n) is 2.25. The Bertz CT molecular complexity index is 459. The number of aromatic hydroxyl groups is 1. The minimum absolute atomic E-state index is 0. The summed E-state index contributed by atoms with van der Waals surface area (Å²) in [6.07, 6.45) is -2.61. The average Bonchev–Trinajstić information content (AvgIpc) is 2.40. The lowest BCUT2D eigenvalue weighted by Gasteiger charge is -2.35. The van der Waals surface area contributed by atoms with Gasteiger partial charge >= 0.3 is 0 Å². The molecule has 1 aliphatic heterocycles. The van der Waals surface area contributed by atoms with Gasteiger partial charge in [-0.3, -0.25) is 4.90 Å². The van der Waals surface area contributed by atoms with Crippen LogP contribution in [0.1, 0.15) is 11.6 Å². The van der Waals surface area contributed by atoms with Crippen molar-refractivity contribution in [2.75, 3.05) is 26.2 Å². The molecule has 1 saturated heterocycles. The average molecular weight is 384 g/mol. The van der Waals surface area contributed by atoms with E-state index in [0.29, 0.717) is 26.2 Å². The van der Waals surface area contributed by atoms with Crippen molar-refractivity contribution >= 4 is 48.0 Å². The van der Waals surface area contributed by atoms with E-state index in [2.05, 4.69) is 5.32 Å². The van der Waals surface area contributed by atoms with Crippen LogP contribution in [0.3, 0.4) is 0 Å². The number of phenols is 1. The molecule has 0 radical (unpaired) electrons. The van der Waals surface area contributed by atoms with Crippen LogP contribution in [-0.2, 0) is 0 Å². The summed E-state index contributed by atoms with van der Waals surface area (Å²) >= 11 is 11.6. The van der Waals surface area contributed by atoms with Crippen LogP contribution in [0.2, 0.25) is 10.0 Å². The summed E-state index contributed by atoms with van der Waals surface area (Å²) in [7, 11) is 0. The predicted octanol–water partition coefficient (Wildman–Crippen LogP) is 3.75. The first-order chi connectivity index (χ1) is 9.02. The highest BCUT2D eigenvalue weighted by Crippen LogP contribution is 2.40. The molecule has 0 aliphatic carbocycles. The van der Waals surface area contributed by atoms with E-state index in [4.69, 9.17) is 23.2 Å². The molecule has 0 bridgehead atoms. The first kappa shape index (κ1) is 21.0. The van der Waals surface area contributed by atoms with Crippen molar-refractivity contribution in [3.63, 3.8) is 0 Å². The lowest BCUT2D eigenvalue weighted by Crippen LogP contribution is -2.46. The molecule has 21 heavy (non-hydrogen) atoms. The monoisotopic (exact) mass is 382 g/mol. The van der Waals surface area contributed by atoms with Gasteiger partial charge in [0.15, 0.2) is 0 Å². The highest BCUT2D eigenvalue weighted by molar-refractivity contribution is 6.43. The molecule has 122 valence electrons.